The van der Waals surface area contributed by atoms with Gasteiger partial charge in [-0.3, -0.25) is 0 Å². The van der Waals surface area contributed by atoms with Crippen molar-refractivity contribution in [1.82, 2.24) is 0 Å². The molecule has 0 amide bonds. The van der Waals surface area contributed by atoms with Crippen molar-refractivity contribution in [2.45, 2.75) is 61.3 Å². The highest BCUT2D eigenvalue weighted by Gasteiger charge is 2.36. The van der Waals surface area contributed by atoms with E-state index in [1.54, 1.807) is 0 Å². The molecule has 0 aliphatic heterocycles. The van der Waals surface area contributed by atoms with E-state index in [2.05, 4.69) is 48.5 Å². The summed E-state index contributed by atoms with van der Waals surface area (Å²) in [6.45, 7) is 16.6. The Balaban J connectivity index is 4.58. The predicted molar refractivity (Wildman–Crippen MR) is 61.9 cm³/mol. The summed E-state index contributed by atoms with van der Waals surface area (Å²) in [5.41, 5.74) is 0.510. The van der Waals surface area contributed by atoms with Gasteiger partial charge < -0.3 is 0 Å². The molecule has 0 aromatic rings. The van der Waals surface area contributed by atoms with Crippen LogP contribution in [-0.4, -0.2) is 0 Å². The first kappa shape index (κ1) is 13.0. The maximum absolute atomic E-state index is 2.46. The Hall–Kier alpha value is 0. The molecule has 0 nitrogen and oxygen atoms in total. The first-order chi connectivity index (χ1) is 5.87. The maximum atomic E-state index is 2.46. The van der Waals surface area contributed by atoms with Gasteiger partial charge in [0.05, 0.1) is 0 Å². The first-order valence-electron chi connectivity index (χ1n) is 5.87. The van der Waals surface area contributed by atoms with Gasteiger partial charge >= 0.3 is 0 Å². The van der Waals surface area contributed by atoms with Crippen molar-refractivity contribution in [3.05, 3.63) is 0 Å². The van der Waals surface area contributed by atoms with Gasteiger partial charge in [0.15, 0.2) is 0 Å². The van der Waals surface area contributed by atoms with E-state index >= 15 is 0 Å². The fraction of sp³-hybridized carbons (Fsp3) is 1.00. The molecule has 1 atom stereocenters. The van der Waals surface area contributed by atoms with E-state index in [0.29, 0.717) is 5.41 Å². The van der Waals surface area contributed by atoms with Crippen molar-refractivity contribution < 1.29 is 0 Å². The van der Waals surface area contributed by atoms with Gasteiger partial charge in [-0.05, 0) is 23.2 Å². The fourth-order valence-corrected chi connectivity index (χ4v) is 2.55. The summed E-state index contributed by atoms with van der Waals surface area (Å²) in [6.07, 6.45) is 2.68. The average molecular weight is 184 g/mol. The van der Waals surface area contributed by atoms with E-state index in [1.807, 2.05) is 0 Å². The second-order valence-electron chi connectivity index (χ2n) is 5.37. The van der Waals surface area contributed by atoms with E-state index in [-0.39, 0.29) is 0 Å². The summed E-state index contributed by atoms with van der Waals surface area (Å²) in [5.74, 6) is 2.42. The van der Waals surface area contributed by atoms with Gasteiger partial charge in [-0.15, -0.1) is 0 Å². The maximum Gasteiger partial charge on any atom is -0.0254 e. The molecule has 0 aromatic heterocycles. The zero-order valence-electron chi connectivity index (χ0n) is 10.6. The van der Waals surface area contributed by atoms with Gasteiger partial charge in [-0.25, -0.2) is 0 Å². The predicted octanol–water partition coefficient (Wildman–Crippen LogP) is 4.74. The van der Waals surface area contributed by atoms with Crippen molar-refractivity contribution in [3.8, 4) is 0 Å². The molecule has 0 spiro atoms. The third-order valence-corrected chi connectivity index (χ3v) is 4.27. The minimum absolute atomic E-state index is 0.510. The molecule has 0 heterocycles. The molecule has 0 radical (unpaired) electrons. The SMILES string of the molecule is CCCC(C)C(C)(C(C)C)C(C)C. The third kappa shape index (κ3) is 2.72. The summed E-state index contributed by atoms with van der Waals surface area (Å²) < 4.78 is 0. The lowest BCUT2D eigenvalue weighted by atomic mass is 9.62. The lowest BCUT2D eigenvalue weighted by Gasteiger charge is -2.43. The summed E-state index contributed by atoms with van der Waals surface area (Å²) in [7, 11) is 0. The fourth-order valence-electron chi connectivity index (χ4n) is 2.55. The van der Waals surface area contributed by atoms with Crippen LogP contribution < -0.4 is 0 Å². The van der Waals surface area contributed by atoms with Crippen LogP contribution in [0.2, 0.25) is 0 Å². The second-order valence-corrected chi connectivity index (χ2v) is 5.37. The zero-order valence-corrected chi connectivity index (χ0v) is 10.6. The molecular formula is C13H28. The van der Waals surface area contributed by atoms with E-state index in [9.17, 15) is 0 Å². The van der Waals surface area contributed by atoms with Crippen LogP contribution in [0.5, 0.6) is 0 Å². The minimum atomic E-state index is 0.510. The molecule has 0 fully saturated rings. The van der Waals surface area contributed by atoms with Crippen molar-refractivity contribution >= 4 is 0 Å². The topological polar surface area (TPSA) is 0 Å². The lowest BCUT2D eigenvalue weighted by molar-refractivity contribution is 0.0573. The van der Waals surface area contributed by atoms with Gasteiger partial charge in [0.25, 0.3) is 0 Å². The molecule has 0 aliphatic rings. The van der Waals surface area contributed by atoms with Crippen molar-refractivity contribution in [2.75, 3.05) is 0 Å². The van der Waals surface area contributed by atoms with Crippen LogP contribution in [0.25, 0.3) is 0 Å². The standard InChI is InChI=1S/C13H28/c1-8-9-12(6)13(7,10(2)3)11(4)5/h10-12H,8-9H2,1-7H3. The van der Waals surface area contributed by atoms with Crippen molar-refractivity contribution in [2.24, 2.45) is 23.2 Å². The van der Waals surface area contributed by atoms with Crippen LogP contribution in [0.15, 0.2) is 0 Å². The molecule has 0 N–H and O–H groups in total. The largest absolute Gasteiger partial charge is 0.0654 e. The molecule has 0 saturated heterocycles. The first-order valence-corrected chi connectivity index (χ1v) is 5.87. The van der Waals surface area contributed by atoms with Crippen molar-refractivity contribution in [1.29, 1.82) is 0 Å². The second kappa shape index (κ2) is 5.02. The Kier molecular flexibility index (Phi) is 5.02. The normalized spacial score (nSPS) is 15.5. The van der Waals surface area contributed by atoms with Crippen molar-refractivity contribution in [3.63, 3.8) is 0 Å². The van der Waals surface area contributed by atoms with E-state index in [0.717, 1.165) is 17.8 Å². The van der Waals surface area contributed by atoms with Gasteiger partial charge in [0.1, 0.15) is 0 Å². The lowest BCUT2D eigenvalue weighted by Crippen LogP contribution is -2.36. The number of rotatable bonds is 5. The molecule has 13 heavy (non-hydrogen) atoms. The molecule has 0 rings (SSSR count). The molecule has 0 aliphatic carbocycles. The Morgan fingerprint density at radius 2 is 1.31 bits per heavy atom. The van der Waals surface area contributed by atoms with Crippen LogP contribution in [-0.2, 0) is 0 Å². The average Bonchev–Trinajstić information content (AvgIpc) is 2.02. The van der Waals surface area contributed by atoms with E-state index < -0.39 is 0 Å². The van der Waals surface area contributed by atoms with E-state index in [1.165, 1.54) is 12.8 Å². The molecule has 0 aromatic carbocycles. The summed E-state index contributed by atoms with van der Waals surface area (Å²) in [4.78, 5) is 0. The summed E-state index contributed by atoms with van der Waals surface area (Å²) >= 11 is 0. The van der Waals surface area contributed by atoms with Crippen LogP contribution >= 0.6 is 0 Å². The molecular weight excluding hydrogens is 156 g/mol. The molecule has 1 unspecified atom stereocenters. The Morgan fingerprint density at radius 1 is 0.923 bits per heavy atom. The summed E-state index contributed by atoms with van der Waals surface area (Å²) in [5, 5.41) is 0. The minimum Gasteiger partial charge on any atom is -0.0654 e. The summed E-state index contributed by atoms with van der Waals surface area (Å²) in [6, 6.07) is 0. The monoisotopic (exact) mass is 184 g/mol. The quantitative estimate of drug-likeness (QED) is 0.579. The van der Waals surface area contributed by atoms with Gasteiger partial charge in [-0.1, -0.05) is 61.3 Å². The Labute approximate surface area is 85.1 Å². The van der Waals surface area contributed by atoms with E-state index in [4.69, 9.17) is 0 Å². The Bertz CT molecular complexity index is 125. The van der Waals surface area contributed by atoms with Gasteiger partial charge in [0.2, 0.25) is 0 Å². The van der Waals surface area contributed by atoms with Crippen LogP contribution in [0.4, 0.5) is 0 Å². The van der Waals surface area contributed by atoms with Crippen LogP contribution in [0.1, 0.15) is 61.3 Å². The molecule has 0 bridgehead atoms. The van der Waals surface area contributed by atoms with Crippen LogP contribution in [0, 0.1) is 23.2 Å². The third-order valence-electron chi connectivity index (χ3n) is 4.27. The molecule has 80 valence electrons. The molecule has 0 saturated carbocycles. The van der Waals surface area contributed by atoms with Gasteiger partial charge in [-0.2, -0.15) is 0 Å². The van der Waals surface area contributed by atoms with Crippen LogP contribution in [0.3, 0.4) is 0 Å². The smallest absolute Gasteiger partial charge is 0.0254 e. The Morgan fingerprint density at radius 3 is 1.54 bits per heavy atom. The highest BCUT2D eigenvalue weighted by atomic mass is 14.4. The molecule has 0 heteroatoms. The highest BCUT2D eigenvalue weighted by molar-refractivity contribution is 4.85. The number of hydrogen-bond donors (Lipinski definition) is 0. The highest BCUT2D eigenvalue weighted by Crippen LogP contribution is 2.44. The number of hydrogen-bond acceptors (Lipinski definition) is 0. The van der Waals surface area contributed by atoms with Gasteiger partial charge in [0, 0.05) is 0 Å². The zero-order chi connectivity index (χ0) is 10.6.